The highest BCUT2D eigenvalue weighted by Gasteiger charge is 2.32. The molecule has 2 rings (SSSR count). The van der Waals surface area contributed by atoms with E-state index in [1.807, 2.05) is 12.3 Å². The lowest BCUT2D eigenvalue weighted by atomic mass is 10.1. The third-order valence-electron chi connectivity index (χ3n) is 4.09. The molecule has 0 amide bonds. The van der Waals surface area contributed by atoms with E-state index in [1.165, 1.54) is 24.2 Å². The van der Waals surface area contributed by atoms with Gasteiger partial charge in [-0.25, -0.2) is 8.42 Å². The molecule has 1 aromatic heterocycles. The highest BCUT2D eigenvalue weighted by Crippen LogP contribution is 2.33. The Hall–Kier alpha value is -0.100. The predicted molar refractivity (Wildman–Crippen MR) is 85.1 cm³/mol. The maximum atomic E-state index is 12.9. The van der Waals surface area contributed by atoms with Gasteiger partial charge in [-0.15, -0.1) is 22.9 Å². The van der Waals surface area contributed by atoms with E-state index in [0.717, 1.165) is 36.1 Å². The minimum absolute atomic E-state index is 0.130. The molecule has 20 heavy (non-hydrogen) atoms. The number of alkyl halides is 1. The van der Waals surface area contributed by atoms with Crippen LogP contribution in [0.15, 0.2) is 10.3 Å². The molecule has 114 valence electrons. The second-order valence-corrected chi connectivity index (χ2v) is 8.64. The van der Waals surface area contributed by atoms with Crippen molar-refractivity contribution in [3.63, 3.8) is 0 Å². The highest BCUT2D eigenvalue weighted by molar-refractivity contribution is 7.89. The smallest absolute Gasteiger partial charge is 0.207 e. The van der Waals surface area contributed by atoms with E-state index in [1.54, 1.807) is 11.4 Å². The number of thiophene rings is 1. The summed E-state index contributed by atoms with van der Waals surface area (Å²) in [5, 5.41) is 1.88. The summed E-state index contributed by atoms with van der Waals surface area (Å²) >= 11 is 7.33. The Balaban J connectivity index is 2.31. The van der Waals surface area contributed by atoms with Crippen molar-refractivity contribution in [1.29, 1.82) is 0 Å². The van der Waals surface area contributed by atoms with Gasteiger partial charge >= 0.3 is 0 Å². The molecule has 1 aliphatic rings. The van der Waals surface area contributed by atoms with Gasteiger partial charge in [0.15, 0.2) is 0 Å². The normalized spacial score (nSPS) is 18.4. The van der Waals surface area contributed by atoms with E-state index >= 15 is 0 Å². The van der Waals surface area contributed by atoms with Crippen molar-refractivity contribution in [3.05, 3.63) is 15.8 Å². The van der Waals surface area contributed by atoms with Gasteiger partial charge in [-0.3, -0.25) is 0 Å². The van der Waals surface area contributed by atoms with E-state index in [4.69, 9.17) is 11.6 Å². The second-order valence-electron chi connectivity index (χ2n) is 5.47. The Morgan fingerprint density at radius 2 is 1.90 bits per heavy atom. The number of rotatable bonds is 4. The topological polar surface area (TPSA) is 37.4 Å². The molecule has 0 radical (unpaired) electrons. The summed E-state index contributed by atoms with van der Waals surface area (Å²) in [7, 11) is -1.70. The molecular formula is C14H22ClNO2S2. The van der Waals surface area contributed by atoms with Crippen LogP contribution in [0.1, 0.15) is 49.0 Å². The summed E-state index contributed by atoms with van der Waals surface area (Å²) in [5.41, 5.74) is 0.811. The summed E-state index contributed by atoms with van der Waals surface area (Å²) < 4.78 is 27.3. The Morgan fingerprint density at radius 1 is 1.30 bits per heavy atom. The molecule has 1 fully saturated rings. The molecule has 0 aliphatic heterocycles. The van der Waals surface area contributed by atoms with Crippen LogP contribution in [0, 0.1) is 6.92 Å². The minimum Gasteiger partial charge on any atom is -0.207 e. The standard InChI is InChI=1S/C14H22ClNO2S2/c1-11-10-19-13(9-15)14(11)20(17,18)16(2)12-7-5-3-4-6-8-12/h10,12H,3-9H2,1-2H3. The van der Waals surface area contributed by atoms with Gasteiger partial charge in [0.1, 0.15) is 4.90 Å². The van der Waals surface area contributed by atoms with Gasteiger partial charge in [0, 0.05) is 18.0 Å². The van der Waals surface area contributed by atoms with E-state index in [9.17, 15) is 8.42 Å². The third kappa shape index (κ3) is 3.21. The van der Waals surface area contributed by atoms with Crippen LogP contribution in [0.2, 0.25) is 0 Å². The number of halogens is 1. The zero-order valence-electron chi connectivity index (χ0n) is 12.1. The van der Waals surface area contributed by atoms with Crippen molar-refractivity contribution in [1.82, 2.24) is 4.31 Å². The van der Waals surface area contributed by atoms with Gasteiger partial charge in [-0.1, -0.05) is 25.7 Å². The number of nitrogens with zero attached hydrogens (tertiary/aromatic N) is 1. The molecule has 1 aromatic rings. The molecule has 1 aliphatic carbocycles. The Morgan fingerprint density at radius 3 is 2.45 bits per heavy atom. The van der Waals surface area contributed by atoms with Crippen molar-refractivity contribution in [2.45, 2.75) is 62.3 Å². The maximum Gasteiger partial charge on any atom is 0.244 e. The number of hydrogen-bond donors (Lipinski definition) is 0. The summed E-state index contributed by atoms with van der Waals surface area (Å²) in [6, 6.07) is 0.130. The van der Waals surface area contributed by atoms with Crippen LogP contribution in [0.25, 0.3) is 0 Å². The van der Waals surface area contributed by atoms with Crippen LogP contribution in [-0.2, 0) is 15.9 Å². The van der Waals surface area contributed by atoms with Crippen LogP contribution in [0.4, 0.5) is 0 Å². The van der Waals surface area contributed by atoms with Crippen molar-refractivity contribution in [3.8, 4) is 0 Å². The molecule has 0 saturated heterocycles. The second kappa shape index (κ2) is 6.77. The molecule has 0 bridgehead atoms. The highest BCUT2D eigenvalue weighted by atomic mass is 35.5. The lowest BCUT2D eigenvalue weighted by Gasteiger charge is -2.27. The monoisotopic (exact) mass is 335 g/mol. The lowest BCUT2D eigenvalue weighted by Crippen LogP contribution is -2.37. The first-order valence-corrected chi connectivity index (χ1v) is 9.95. The van der Waals surface area contributed by atoms with E-state index < -0.39 is 10.0 Å². The van der Waals surface area contributed by atoms with E-state index in [2.05, 4.69) is 0 Å². The molecular weight excluding hydrogens is 314 g/mol. The van der Waals surface area contributed by atoms with Crippen LogP contribution in [-0.4, -0.2) is 25.8 Å². The molecule has 0 unspecified atom stereocenters. The van der Waals surface area contributed by atoms with Crippen LogP contribution in [0.5, 0.6) is 0 Å². The first kappa shape index (κ1) is 16.3. The molecule has 0 spiro atoms. The zero-order valence-corrected chi connectivity index (χ0v) is 14.5. The Kier molecular flexibility index (Phi) is 5.51. The zero-order chi connectivity index (χ0) is 14.8. The third-order valence-corrected chi connectivity index (χ3v) is 7.89. The van der Waals surface area contributed by atoms with Crippen LogP contribution >= 0.6 is 22.9 Å². The van der Waals surface area contributed by atoms with Gasteiger partial charge < -0.3 is 0 Å². The van der Waals surface area contributed by atoms with Crippen LogP contribution < -0.4 is 0 Å². The largest absolute Gasteiger partial charge is 0.244 e. The van der Waals surface area contributed by atoms with E-state index in [-0.39, 0.29) is 11.9 Å². The van der Waals surface area contributed by atoms with Crippen molar-refractivity contribution < 1.29 is 8.42 Å². The molecule has 1 saturated carbocycles. The lowest BCUT2D eigenvalue weighted by molar-refractivity contribution is 0.335. The summed E-state index contributed by atoms with van der Waals surface area (Å²) in [6.45, 7) is 1.85. The van der Waals surface area contributed by atoms with Crippen molar-refractivity contribution in [2.24, 2.45) is 0 Å². The average molecular weight is 336 g/mol. The molecule has 0 N–H and O–H groups in total. The fraction of sp³-hybridized carbons (Fsp3) is 0.714. The van der Waals surface area contributed by atoms with Gasteiger partial charge in [-0.2, -0.15) is 4.31 Å². The SMILES string of the molecule is Cc1csc(CCl)c1S(=O)(=O)N(C)C1CCCCCC1. The fourth-order valence-corrected chi connectivity index (χ4v) is 6.31. The first-order valence-electron chi connectivity index (χ1n) is 7.09. The number of sulfonamides is 1. The molecule has 6 heteroatoms. The van der Waals surface area contributed by atoms with Gasteiger partial charge in [0.25, 0.3) is 0 Å². The Bertz CT molecular complexity index is 546. The summed E-state index contributed by atoms with van der Waals surface area (Å²) in [5.74, 6) is 0.256. The number of hydrogen-bond acceptors (Lipinski definition) is 3. The molecule has 0 aromatic carbocycles. The Labute approximate surface area is 131 Å². The van der Waals surface area contributed by atoms with Gasteiger partial charge in [0.2, 0.25) is 10.0 Å². The average Bonchev–Trinajstić information content (AvgIpc) is 2.64. The first-order chi connectivity index (χ1) is 9.48. The van der Waals surface area contributed by atoms with Gasteiger partial charge in [-0.05, 0) is 30.7 Å². The van der Waals surface area contributed by atoms with Crippen molar-refractivity contribution in [2.75, 3.05) is 7.05 Å². The molecule has 1 heterocycles. The van der Waals surface area contributed by atoms with E-state index in [0.29, 0.717) is 4.90 Å². The van der Waals surface area contributed by atoms with Crippen LogP contribution in [0.3, 0.4) is 0 Å². The summed E-state index contributed by atoms with van der Waals surface area (Å²) in [4.78, 5) is 1.19. The molecule has 0 atom stereocenters. The molecule has 3 nitrogen and oxygen atoms in total. The fourth-order valence-electron chi connectivity index (χ4n) is 2.89. The summed E-state index contributed by atoms with van der Waals surface area (Å²) in [6.07, 6.45) is 6.61. The van der Waals surface area contributed by atoms with Crippen molar-refractivity contribution >= 4 is 33.0 Å². The maximum absolute atomic E-state index is 12.9. The predicted octanol–water partition coefficient (Wildman–Crippen LogP) is 4.14. The quantitative estimate of drug-likeness (QED) is 0.612. The minimum atomic E-state index is -3.43. The number of aryl methyl sites for hydroxylation is 1. The van der Waals surface area contributed by atoms with Gasteiger partial charge in [0.05, 0.1) is 5.88 Å².